The summed E-state index contributed by atoms with van der Waals surface area (Å²) >= 11 is 0. The molecular formula is C20H20FN5O3S. The predicted molar refractivity (Wildman–Crippen MR) is 110 cm³/mol. The largest absolute Gasteiger partial charge is 0.386 e. The fourth-order valence-electron chi connectivity index (χ4n) is 3.19. The van der Waals surface area contributed by atoms with Gasteiger partial charge in [-0.3, -0.25) is 4.98 Å². The maximum Gasteiger partial charge on any atom is 0.241 e. The number of nitrogen functional groups attached to an aromatic ring is 1. The summed E-state index contributed by atoms with van der Waals surface area (Å²) in [6.07, 6.45) is 2.76. The molecule has 2 heterocycles. The Balaban J connectivity index is 1.67. The van der Waals surface area contributed by atoms with E-state index in [1.165, 1.54) is 30.6 Å². The van der Waals surface area contributed by atoms with Gasteiger partial charge in [-0.1, -0.05) is 24.3 Å². The van der Waals surface area contributed by atoms with Gasteiger partial charge >= 0.3 is 0 Å². The molecule has 1 fully saturated rings. The summed E-state index contributed by atoms with van der Waals surface area (Å²) in [5, 5.41) is 13.0. The topological polar surface area (TPSA) is 130 Å². The van der Waals surface area contributed by atoms with E-state index in [0.29, 0.717) is 24.2 Å². The van der Waals surface area contributed by atoms with Crippen molar-refractivity contribution < 1.29 is 17.9 Å². The third-order valence-electron chi connectivity index (χ3n) is 4.89. The average molecular weight is 429 g/mol. The van der Waals surface area contributed by atoms with E-state index >= 15 is 0 Å². The number of β-amino-alcohol motifs (C(OH)–C–C–N with tert-alkyl or cyclic N) is 1. The Kier molecular flexibility index (Phi) is 5.24. The number of nitrogens with zero attached hydrogens (tertiary/aromatic N) is 2. The second-order valence-corrected chi connectivity index (χ2v) is 8.91. The minimum absolute atomic E-state index is 0.00298. The minimum Gasteiger partial charge on any atom is -0.386 e. The van der Waals surface area contributed by atoms with Crippen LogP contribution < -0.4 is 15.8 Å². The zero-order valence-electron chi connectivity index (χ0n) is 15.8. The lowest BCUT2D eigenvalue weighted by Gasteiger charge is -2.37. The van der Waals surface area contributed by atoms with E-state index < -0.39 is 21.4 Å². The van der Waals surface area contributed by atoms with Crippen LogP contribution in [0.25, 0.3) is 22.4 Å². The molecule has 0 aliphatic carbocycles. The zero-order chi connectivity index (χ0) is 21.4. The van der Waals surface area contributed by atoms with Crippen molar-refractivity contribution in [3.8, 4) is 22.4 Å². The van der Waals surface area contributed by atoms with Crippen molar-refractivity contribution in [3.63, 3.8) is 0 Å². The van der Waals surface area contributed by atoms with Crippen molar-refractivity contribution in [3.05, 3.63) is 60.7 Å². The number of hydrogen-bond acceptors (Lipinski definition) is 7. The van der Waals surface area contributed by atoms with Gasteiger partial charge in [0.1, 0.15) is 17.2 Å². The highest BCUT2D eigenvalue weighted by molar-refractivity contribution is 7.89. The van der Waals surface area contributed by atoms with Gasteiger partial charge in [0.05, 0.1) is 23.0 Å². The average Bonchev–Trinajstić information content (AvgIpc) is 2.71. The van der Waals surface area contributed by atoms with Crippen LogP contribution in [-0.4, -0.2) is 48.7 Å². The summed E-state index contributed by atoms with van der Waals surface area (Å²) in [6, 6.07) is 10.7. The van der Waals surface area contributed by atoms with Gasteiger partial charge < -0.3 is 16.2 Å². The molecule has 0 unspecified atom stereocenters. The normalized spacial score (nSPS) is 15.5. The van der Waals surface area contributed by atoms with Crippen LogP contribution in [0, 0.1) is 5.82 Å². The summed E-state index contributed by atoms with van der Waals surface area (Å²) in [5.41, 5.74) is 5.73. The highest BCUT2D eigenvalue weighted by atomic mass is 32.2. The lowest BCUT2D eigenvalue weighted by Crippen LogP contribution is -2.64. The molecule has 3 aromatic rings. The number of nitrogens with two attached hydrogens (primary N) is 1. The van der Waals surface area contributed by atoms with Crippen LogP contribution in [0.3, 0.4) is 0 Å². The number of nitrogens with one attached hydrogen (secondary N) is 2. The number of sulfonamides is 1. The van der Waals surface area contributed by atoms with E-state index in [0.717, 1.165) is 0 Å². The van der Waals surface area contributed by atoms with Crippen LogP contribution >= 0.6 is 0 Å². The van der Waals surface area contributed by atoms with E-state index in [9.17, 15) is 17.9 Å². The van der Waals surface area contributed by atoms with Gasteiger partial charge in [0, 0.05) is 30.8 Å². The summed E-state index contributed by atoms with van der Waals surface area (Å²) in [6.45, 7) is 0.519. The minimum atomic E-state index is -3.93. The van der Waals surface area contributed by atoms with Crippen LogP contribution in [0.4, 0.5) is 10.2 Å². The first kappa shape index (κ1) is 20.4. The van der Waals surface area contributed by atoms with Gasteiger partial charge in [0.15, 0.2) is 0 Å². The maximum absolute atomic E-state index is 14.8. The lowest BCUT2D eigenvalue weighted by atomic mass is 9.98. The molecule has 1 aliphatic rings. The fraction of sp³-hybridized carbons (Fsp3) is 0.200. The second kappa shape index (κ2) is 7.73. The highest BCUT2D eigenvalue weighted by Crippen LogP contribution is 2.31. The molecule has 2 aromatic carbocycles. The lowest BCUT2D eigenvalue weighted by molar-refractivity contribution is -0.00396. The number of aromatic nitrogens is 2. The number of rotatable bonds is 6. The van der Waals surface area contributed by atoms with Gasteiger partial charge in [-0.25, -0.2) is 22.5 Å². The Hall–Kier alpha value is -2.92. The molecule has 1 saturated heterocycles. The first-order valence-corrected chi connectivity index (χ1v) is 10.7. The molecule has 10 heteroatoms. The molecule has 5 N–H and O–H groups in total. The number of benzene rings is 2. The van der Waals surface area contributed by atoms with Gasteiger partial charge in [0.25, 0.3) is 0 Å². The smallest absolute Gasteiger partial charge is 0.241 e. The monoisotopic (exact) mass is 429 g/mol. The number of halogens is 1. The fourth-order valence-corrected chi connectivity index (χ4v) is 4.53. The van der Waals surface area contributed by atoms with Crippen molar-refractivity contribution >= 4 is 15.8 Å². The molecule has 1 aromatic heterocycles. The first-order chi connectivity index (χ1) is 14.3. The van der Waals surface area contributed by atoms with Crippen LogP contribution in [0.2, 0.25) is 0 Å². The summed E-state index contributed by atoms with van der Waals surface area (Å²) < 4.78 is 43.0. The van der Waals surface area contributed by atoms with Crippen molar-refractivity contribution in [2.24, 2.45) is 0 Å². The van der Waals surface area contributed by atoms with E-state index in [1.54, 1.807) is 24.3 Å². The van der Waals surface area contributed by atoms with Gasteiger partial charge in [-0.2, -0.15) is 0 Å². The molecule has 1 aliphatic heterocycles. The molecule has 4 rings (SSSR count). The van der Waals surface area contributed by atoms with Gasteiger partial charge in [-0.15, -0.1) is 0 Å². The van der Waals surface area contributed by atoms with Crippen LogP contribution in [0.1, 0.15) is 0 Å². The Bertz CT molecular complexity index is 1200. The standard InChI is InChI=1S/C20H20FN5O3S/c21-16-7-13(5-6-15(16)17-8-23-9-19(22)26-17)14-3-1-2-4-18(14)30(28,29)25-12-20(27)10-24-11-20/h1-9,24-25,27H,10-12H2,(H2,22,26). The van der Waals surface area contributed by atoms with Crippen LogP contribution in [-0.2, 0) is 10.0 Å². The SMILES string of the molecule is Nc1cncc(-c2ccc(-c3ccccc3S(=O)(=O)NCC3(O)CNC3)cc2F)n1. The van der Waals surface area contributed by atoms with Crippen molar-refractivity contribution in [2.45, 2.75) is 10.5 Å². The molecular weight excluding hydrogens is 409 g/mol. The van der Waals surface area contributed by atoms with Gasteiger partial charge in [-0.05, 0) is 23.8 Å². The molecule has 0 radical (unpaired) electrons. The van der Waals surface area contributed by atoms with Crippen LogP contribution in [0.15, 0.2) is 59.8 Å². The molecule has 8 nitrogen and oxygen atoms in total. The Morgan fingerprint density at radius 1 is 1.17 bits per heavy atom. The quantitative estimate of drug-likeness (QED) is 0.462. The molecule has 0 bridgehead atoms. The summed E-state index contributed by atoms with van der Waals surface area (Å²) in [7, 11) is -3.93. The van der Waals surface area contributed by atoms with E-state index in [-0.39, 0.29) is 28.5 Å². The molecule has 0 saturated carbocycles. The van der Waals surface area contributed by atoms with Crippen molar-refractivity contribution in [1.29, 1.82) is 0 Å². The van der Waals surface area contributed by atoms with Crippen molar-refractivity contribution in [1.82, 2.24) is 20.0 Å². The van der Waals surface area contributed by atoms with Gasteiger partial charge in [0.2, 0.25) is 10.0 Å². The van der Waals surface area contributed by atoms with E-state index in [1.807, 2.05) is 0 Å². The van der Waals surface area contributed by atoms with E-state index in [2.05, 4.69) is 20.0 Å². The first-order valence-electron chi connectivity index (χ1n) is 9.17. The highest BCUT2D eigenvalue weighted by Gasteiger charge is 2.35. The molecule has 30 heavy (non-hydrogen) atoms. The predicted octanol–water partition coefficient (Wildman–Crippen LogP) is 1.14. The molecule has 0 spiro atoms. The second-order valence-electron chi connectivity index (χ2n) is 7.17. The summed E-state index contributed by atoms with van der Waals surface area (Å²) in [5.74, 6) is -0.413. The van der Waals surface area contributed by atoms with E-state index in [4.69, 9.17) is 5.73 Å². The number of hydrogen-bond donors (Lipinski definition) is 4. The van der Waals surface area contributed by atoms with Crippen molar-refractivity contribution in [2.75, 3.05) is 25.4 Å². The Morgan fingerprint density at radius 3 is 2.60 bits per heavy atom. The third-order valence-corrected chi connectivity index (χ3v) is 6.34. The molecule has 0 amide bonds. The summed E-state index contributed by atoms with van der Waals surface area (Å²) in [4.78, 5) is 7.98. The Labute approximate surface area is 173 Å². The molecule has 156 valence electrons. The number of aliphatic hydroxyl groups is 1. The molecule has 0 atom stereocenters. The zero-order valence-corrected chi connectivity index (χ0v) is 16.7. The third kappa shape index (κ3) is 4.03. The van der Waals surface area contributed by atoms with Crippen LogP contribution in [0.5, 0.6) is 0 Å². The number of anilines is 1. The maximum atomic E-state index is 14.8. The Morgan fingerprint density at radius 2 is 1.93 bits per heavy atom.